The number of aromatic nitrogens is 2. The van der Waals surface area contributed by atoms with E-state index in [0.29, 0.717) is 16.5 Å². The summed E-state index contributed by atoms with van der Waals surface area (Å²) in [6.07, 6.45) is 1.49. The minimum atomic E-state index is -0.0103. The summed E-state index contributed by atoms with van der Waals surface area (Å²) >= 11 is 7.40. The van der Waals surface area contributed by atoms with Gasteiger partial charge in [-0.1, -0.05) is 29.8 Å². The van der Waals surface area contributed by atoms with Crippen LogP contribution in [-0.4, -0.2) is 21.3 Å². The Morgan fingerprint density at radius 3 is 2.71 bits per heavy atom. The first kappa shape index (κ1) is 12.2. The number of ketones is 1. The summed E-state index contributed by atoms with van der Waals surface area (Å²) in [6.45, 7) is 0. The molecule has 0 aliphatic carbocycles. The van der Waals surface area contributed by atoms with Gasteiger partial charge in [0.25, 0.3) is 0 Å². The van der Waals surface area contributed by atoms with Crippen molar-refractivity contribution in [3.63, 3.8) is 0 Å². The van der Waals surface area contributed by atoms with E-state index in [-0.39, 0.29) is 5.78 Å². The molecule has 0 N–H and O–H groups in total. The first-order chi connectivity index (χ1) is 8.18. The van der Waals surface area contributed by atoms with Crippen LogP contribution in [-0.2, 0) is 7.05 Å². The number of Topliss-reactive ketones (excluding diaryl/α,β-unsaturated/α-hetero) is 1. The predicted octanol–water partition coefficient (Wildman–Crippen LogP) is 3.05. The van der Waals surface area contributed by atoms with Crippen molar-refractivity contribution in [1.29, 1.82) is 0 Å². The molecule has 3 nitrogen and oxygen atoms in total. The lowest BCUT2D eigenvalue weighted by Crippen LogP contribution is -2.09. The summed E-state index contributed by atoms with van der Waals surface area (Å²) in [6, 6.07) is 9.79. The highest BCUT2D eigenvalue weighted by molar-refractivity contribution is 8.00. The Morgan fingerprint density at radius 1 is 1.41 bits per heavy atom. The number of aryl methyl sites for hydroxylation is 1. The molecular weight excluding hydrogens is 256 g/mol. The van der Waals surface area contributed by atoms with Crippen molar-refractivity contribution >= 4 is 29.1 Å². The average Bonchev–Trinajstić information content (AvgIpc) is 2.67. The number of carbonyl (C=O) groups is 1. The lowest BCUT2D eigenvalue weighted by Gasteiger charge is -2.02. The topological polar surface area (TPSA) is 34.9 Å². The zero-order valence-electron chi connectivity index (χ0n) is 9.26. The molecule has 2 rings (SSSR count). The standard InChI is InChI=1S/C12H11ClN2OS/c1-15-12(10(13)7-14-15)11(16)8-17-9-5-3-2-4-6-9/h2-7H,8H2,1H3. The molecule has 0 saturated heterocycles. The Morgan fingerprint density at radius 2 is 2.12 bits per heavy atom. The number of hydrogen-bond donors (Lipinski definition) is 0. The summed E-state index contributed by atoms with van der Waals surface area (Å²) < 4.78 is 1.51. The molecule has 0 saturated carbocycles. The van der Waals surface area contributed by atoms with Crippen LogP contribution in [0.15, 0.2) is 41.4 Å². The molecule has 0 unspecified atom stereocenters. The Labute approximate surface area is 109 Å². The quantitative estimate of drug-likeness (QED) is 0.630. The van der Waals surface area contributed by atoms with Crippen molar-refractivity contribution in [2.24, 2.45) is 7.05 Å². The third kappa shape index (κ3) is 2.90. The molecule has 0 spiro atoms. The summed E-state index contributed by atoms with van der Waals surface area (Å²) in [4.78, 5) is 13.0. The van der Waals surface area contributed by atoms with E-state index in [1.54, 1.807) is 7.05 Å². The van der Waals surface area contributed by atoms with Gasteiger partial charge < -0.3 is 0 Å². The van der Waals surface area contributed by atoms with Crippen LogP contribution >= 0.6 is 23.4 Å². The van der Waals surface area contributed by atoms with E-state index < -0.39 is 0 Å². The maximum Gasteiger partial charge on any atom is 0.192 e. The molecule has 88 valence electrons. The molecule has 0 atom stereocenters. The fourth-order valence-corrected chi connectivity index (χ4v) is 2.51. The lowest BCUT2D eigenvalue weighted by atomic mass is 10.3. The van der Waals surface area contributed by atoms with Crippen LogP contribution in [0.1, 0.15) is 10.5 Å². The average molecular weight is 267 g/mol. The third-order valence-corrected chi connectivity index (χ3v) is 3.56. The Bertz CT molecular complexity index is 505. The number of carbonyl (C=O) groups excluding carboxylic acids is 1. The van der Waals surface area contributed by atoms with Crippen molar-refractivity contribution < 1.29 is 4.79 Å². The fraction of sp³-hybridized carbons (Fsp3) is 0.167. The van der Waals surface area contributed by atoms with Crippen molar-refractivity contribution in [2.75, 3.05) is 5.75 Å². The Kier molecular flexibility index (Phi) is 3.86. The van der Waals surface area contributed by atoms with Gasteiger partial charge >= 0.3 is 0 Å². The largest absolute Gasteiger partial charge is 0.291 e. The zero-order chi connectivity index (χ0) is 12.3. The first-order valence-electron chi connectivity index (χ1n) is 5.07. The van der Waals surface area contributed by atoms with E-state index in [1.165, 1.54) is 22.6 Å². The van der Waals surface area contributed by atoms with Crippen molar-refractivity contribution in [3.05, 3.63) is 47.2 Å². The van der Waals surface area contributed by atoms with Crippen molar-refractivity contribution in [1.82, 2.24) is 9.78 Å². The van der Waals surface area contributed by atoms with Gasteiger partial charge in [-0.25, -0.2) is 0 Å². The van der Waals surface area contributed by atoms with E-state index >= 15 is 0 Å². The highest BCUT2D eigenvalue weighted by Crippen LogP contribution is 2.21. The van der Waals surface area contributed by atoms with Crippen LogP contribution in [0, 0.1) is 0 Å². The van der Waals surface area contributed by atoms with Gasteiger partial charge in [0.1, 0.15) is 5.69 Å². The smallest absolute Gasteiger partial charge is 0.192 e. The second kappa shape index (κ2) is 5.38. The van der Waals surface area contributed by atoms with Gasteiger partial charge in [-0.2, -0.15) is 5.10 Å². The first-order valence-corrected chi connectivity index (χ1v) is 6.43. The highest BCUT2D eigenvalue weighted by atomic mass is 35.5. The number of nitrogens with zero attached hydrogens (tertiary/aromatic N) is 2. The Hall–Kier alpha value is -1.26. The summed E-state index contributed by atoms with van der Waals surface area (Å²) in [7, 11) is 1.71. The molecule has 0 fully saturated rings. The van der Waals surface area contributed by atoms with Gasteiger partial charge in [0.05, 0.1) is 17.0 Å². The molecule has 2 aromatic rings. The van der Waals surface area contributed by atoms with Crippen LogP contribution in [0.25, 0.3) is 0 Å². The summed E-state index contributed by atoms with van der Waals surface area (Å²) in [5.74, 6) is 0.354. The molecule has 0 amide bonds. The number of thioether (sulfide) groups is 1. The van der Waals surface area contributed by atoms with Crippen molar-refractivity contribution in [3.8, 4) is 0 Å². The van der Waals surface area contributed by atoms with E-state index in [9.17, 15) is 4.79 Å². The molecule has 1 heterocycles. The summed E-state index contributed by atoms with van der Waals surface area (Å²) in [5.41, 5.74) is 0.468. The minimum Gasteiger partial charge on any atom is -0.291 e. The van der Waals surface area contributed by atoms with Gasteiger partial charge in [0.15, 0.2) is 5.78 Å². The van der Waals surface area contributed by atoms with Gasteiger partial charge in [-0.3, -0.25) is 9.48 Å². The number of halogens is 1. The predicted molar refractivity (Wildman–Crippen MR) is 69.7 cm³/mol. The summed E-state index contributed by atoms with van der Waals surface area (Å²) in [5, 5.41) is 4.36. The van der Waals surface area contributed by atoms with E-state index in [1.807, 2.05) is 30.3 Å². The molecule has 1 aromatic carbocycles. The second-order valence-corrected chi connectivity index (χ2v) is 4.95. The second-order valence-electron chi connectivity index (χ2n) is 3.49. The molecule has 0 aliphatic rings. The van der Waals surface area contributed by atoms with Gasteiger partial charge in [-0.15, -0.1) is 11.8 Å². The maximum atomic E-state index is 12.0. The van der Waals surface area contributed by atoms with Crippen LogP contribution in [0.2, 0.25) is 5.02 Å². The van der Waals surface area contributed by atoms with E-state index in [0.717, 1.165) is 4.90 Å². The molecular formula is C12H11ClN2OS. The number of benzene rings is 1. The van der Waals surface area contributed by atoms with Gasteiger partial charge in [0, 0.05) is 11.9 Å². The normalized spacial score (nSPS) is 10.5. The number of rotatable bonds is 4. The van der Waals surface area contributed by atoms with E-state index in [4.69, 9.17) is 11.6 Å². The van der Waals surface area contributed by atoms with Crippen LogP contribution < -0.4 is 0 Å². The molecule has 1 aromatic heterocycles. The van der Waals surface area contributed by atoms with Crippen LogP contribution in [0.4, 0.5) is 0 Å². The molecule has 5 heteroatoms. The lowest BCUT2D eigenvalue weighted by molar-refractivity contribution is 0.101. The monoisotopic (exact) mass is 266 g/mol. The Balaban J connectivity index is 2.04. The molecule has 0 bridgehead atoms. The van der Waals surface area contributed by atoms with Crippen molar-refractivity contribution in [2.45, 2.75) is 4.90 Å². The molecule has 0 radical (unpaired) electrons. The van der Waals surface area contributed by atoms with Crippen LogP contribution in [0.5, 0.6) is 0 Å². The fourth-order valence-electron chi connectivity index (χ4n) is 1.46. The molecule has 17 heavy (non-hydrogen) atoms. The molecule has 0 aliphatic heterocycles. The SMILES string of the molecule is Cn1ncc(Cl)c1C(=O)CSc1ccccc1. The third-order valence-electron chi connectivity index (χ3n) is 2.27. The van der Waals surface area contributed by atoms with E-state index in [2.05, 4.69) is 5.10 Å². The highest BCUT2D eigenvalue weighted by Gasteiger charge is 2.15. The number of hydrogen-bond acceptors (Lipinski definition) is 3. The zero-order valence-corrected chi connectivity index (χ0v) is 10.8. The minimum absolute atomic E-state index is 0.0103. The maximum absolute atomic E-state index is 12.0. The van der Waals surface area contributed by atoms with Gasteiger partial charge in [0.2, 0.25) is 0 Å². The van der Waals surface area contributed by atoms with Crippen LogP contribution in [0.3, 0.4) is 0 Å². The van der Waals surface area contributed by atoms with Gasteiger partial charge in [-0.05, 0) is 12.1 Å².